The number of alkyl halides is 3. The van der Waals surface area contributed by atoms with Crippen LogP contribution in [-0.2, 0) is 63.9 Å². The average molecular weight is 1400 g/mol. The molecule has 0 saturated carbocycles. The SMILES string of the molecule is C=C1CCN(C(=O)OC(C)(C)C)CC1.CC(C)(C)OC(=O)N1CCC(=O)CC1.CCOC(=O)C1=NOC2(CCN(C(=O)OC(C)(C)C)CC2)C1.CCOC(=O)C1=NOC2(CCNCC2)C1.O=C(O)C1=NOC2(CCN(C(=O)c3cnc(NCc4cccc(OC(F)(F)F)c4)nc3)CC2)C1. The maximum Gasteiger partial charge on any atom is 0.573 e. The second-order valence-corrected chi connectivity index (χ2v) is 27.8. The molecule has 0 bridgehead atoms. The van der Waals surface area contributed by atoms with Crippen molar-refractivity contribution >= 4 is 71.0 Å². The van der Waals surface area contributed by atoms with Crippen LogP contribution in [0, 0.1) is 0 Å². The van der Waals surface area contributed by atoms with Crippen LogP contribution in [0.4, 0.5) is 33.5 Å². The van der Waals surface area contributed by atoms with Gasteiger partial charge >= 0.3 is 42.5 Å². The molecule has 1 aromatic carbocycles. The molecule has 8 aliphatic rings. The van der Waals surface area contributed by atoms with Crippen LogP contribution in [0.5, 0.6) is 5.75 Å². The van der Waals surface area contributed by atoms with Crippen molar-refractivity contribution in [2.24, 2.45) is 15.5 Å². The number of anilines is 1. The predicted molar refractivity (Wildman–Crippen MR) is 354 cm³/mol. The van der Waals surface area contributed by atoms with Gasteiger partial charge in [0.15, 0.2) is 17.1 Å². The van der Waals surface area contributed by atoms with Gasteiger partial charge in [-0.25, -0.2) is 38.7 Å². The molecule has 4 amide bonds. The molecule has 99 heavy (non-hydrogen) atoms. The van der Waals surface area contributed by atoms with Crippen LogP contribution in [0.25, 0.3) is 0 Å². The third-order valence-corrected chi connectivity index (χ3v) is 16.2. The number of carbonyl (C=O) groups excluding carboxylic acids is 7. The minimum atomic E-state index is -4.77. The van der Waals surface area contributed by atoms with E-state index in [-0.39, 0.29) is 77.5 Å². The molecule has 8 aliphatic heterocycles. The molecular weight excluding hydrogens is 1300 g/mol. The Morgan fingerprint density at radius 2 is 1.00 bits per heavy atom. The monoisotopic (exact) mass is 1400 g/mol. The van der Waals surface area contributed by atoms with Crippen molar-refractivity contribution in [1.29, 1.82) is 0 Å². The first-order chi connectivity index (χ1) is 46.4. The summed E-state index contributed by atoms with van der Waals surface area (Å²) in [6, 6.07) is 5.51. The standard InChI is InChI=1S/C21H20F3N5O5.C15H24N2O5.C11H19NO2.C10H16N2O3.C10H17NO3/c22-21(23,24)33-15-3-1-2-13(8-15)10-25-19-26-11-14(12-27-19)17(30)29-6-4-20(5-7-29)9-16(18(31)32)28-34-20;1-5-20-12(18)11-10-15(22-16-11)6-8-17(9-7-15)13(19)21-14(2,3)4;1-9-5-7-12(8-6-9)10(13)14-11(2,3)4;1-2-14-9(13)8-7-10(15-12-8)3-5-11-6-4-10;1-10(2,3)14-9(13)11-6-4-8(12)5-7-11/h1-3,8,11-12H,4-7,9-10H2,(H,31,32)(H,25,26,27);5-10H2,1-4H3;1,5-8H2,2-4H3;11H,2-7H2,1H3;4-7H2,1-3H3. The summed E-state index contributed by atoms with van der Waals surface area (Å²) in [4.78, 5) is 124. The molecule has 548 valence electrons. The Labute approximate surface area is 574 Å². The number of oxime groups is 3. The Bertz CT molecular complexity index is 3180. The number of nitrogens with zero attached hydrogens (tertiary/aromatic N) is 9. The smallest absolute Gasteiger partial charge is 0.477 e. The van der Waals surface area contributed by atoms with Gasteiger partial charge in [0, 0.05) is 142 Å². The molecule has 1 aromatic heterocycles. The Hall–Kier alpha value is -8.84. The summed E-state index contributed by atoms with van der Waals surface area (Å²) in [5.74, 6) is -2.04. The van der Waals surface area contributed by atoms with Crippen molar-refractivity contribution in [3.63, 3.8) is 0 Å². The number of carboxylic acid groups (broad SMARTS) is 1. The number of amides is 4. The highest BCUT2D eigenvalue weighted by Crippen LogP contribution is 2.38. The van der Waals surface area contributed by atoms with Crippen LogP contribution in [0.3, 0.4) is 0 Å². The molecule has 5 fully saturated rings. The first kappa shape index (κ1) is 79.1. The first-order valence-electron chi connectivity index (χ1n) is 33.2. The zero-order valence-electron chi connectivity index (χ0n) is 58.6. The number of carbonyl (C=O) groups is 8. The van der Waals surface area contributed by atoms with Gasteiger partial charge in [0.25, 0.3) is 5.91 Å². The van der Waals surface area contributed by atoms with Crippen molar-refractivity contribution in [3.8, 4) is 5.75 Å². The molecule has 5 saturated heterocycles. The normalized spacial score (nSPS) is 19.1. The molecule has 9 heterocycles. The Morgan fingerprint density at radius 3 is 1.41 bits per heavy atom. The first-order valence-corrected chi connectivity index (χ1v) is 33.2. The number of piperidine rings is 5. The molecular formula is C67H96F3N11O18. The van der Waals surface area contributed by atoms with Gasteiger partial charge < -0.3 is 78.3 Å². The van der Waals surface area contributed by atoms with E-state index in [0.29, 0.717) is 121 Å². The molecule has 32 heteroatoms. The number of rotatable bonds is 10. The van der Waals surface area contributed by atoms with Crippen LogP contribution in [0.15, 0.2) is 64.3 Å². The lowest BCUT2D eigenvalue weighted by Gasteiger charge is -2.37. The number of aliphatic carboxylic acids is 1. The van der Waals surface area contributed by atoms with Crippen molar-refractivity contribution in [1.82, 2.24) is 34.9 Å². The lowest BCUT2D eigenvalue weighted by molar-refractivity contribution is -0.274. The highest BCUT2D eigenvalue weighted by atomic mass is 19.4. The number of nitrogens with one attached hydrogen (secondary N) is 2. The summed E-state index contributed by atoms with van der Waals surface area (Å²) in [5.41, 5.74) is -0.00767. The van der Waals surface area contributed by atoms with Gasteiger partial charge in [0.1, 0.15) is 45.1 Å². The number of hydrogen-bond donors (Lipinski definition) is 3. The fourth-order valence-corrected chi connectivity index (χ4v) is 10.9. The number of ketones is 1. The molecule has 0 atom stereocenters. The van der Waals surface area contributed by atoms with Crippen molar-refractivity contribution in [2.45, 2.75) is 206 Å². The lowest BCUT2D eigenvalue weighted by Crippen LogP contribution is -2.48. The number of ether oxygens (including phenoxy) is 6. The van der Waals surface area contributed by atoms with Crippen LogP contribution < -0.4 is 15.4 Å². The molecule has 2 aromatic rings. The Balaban J connectivity index is 0.000000206. The molecule has 29 nitrogen and oxygen atoms in total. The van der Waals surface area contributed by atoms with Crippen molar-refractivity contribution in [2.75, 3.05) is 84.0 Å². The molecule has 0 unspecified atom stereocenters. The third kappa shape index (κ3) is 26.1. The topological polar surface area (TPSA) is 340 Å². The number of carboxylic acids is 1. The summed E-state index contributed by atoms with van der Waals surface area (Å²) in [7, 11) is 0. The van der Waals surface area contributed by atoms with E-state index >= 15 is 0 Å². The molecule has 10 rings (SSSR count). The molecule has 0 radical (unpaired) electrons. The molecule has 3 spiro atoms. The fraction of sp³-hybridized carbons (Fsp3) is 0.657. The van der Waals surface area contributed by atoms with Gasteiger partial charge in [-0.2, -0.15) is 0 Å². The van der Waals surface area contributed by atoms with Crippen LogP contribution in [0.2, 0.25) is 0 Å². The summed E-state index contributed by atoms with van der Waals surface area (Å²) >= 11 is 0. The largest absolute Gasteiger partial charge is 0.573 e. The van der Waals surface area contributed by atoms with E-state index in [4.69, 9.17) is 43.3 Å². The van der Waals surface area contributed by atoms with E-state index in [9.17, 15) is 51.5 Å². The van der Waals surface area contributed by atoms with Gasteiger partial charge in [-0.1, -0.05) is 39.8 Å². The Morgan fingerprint density at radius 1 is 0.596 bits per heavy atom. The zero-order chi connectivity index (χ0) is 73.0. The van der Waals surface area contributed by atoms with Gasteiger partial charge in [-0.15, -0.1) is 13.2 Å². The number of likely N-dealkylation sites (tertiary alicyclic amines) is 4. The predicted octanol–water partition coefficient (Wildman–Crippen LogP) is 9.53. The quantitative estimate of drug-likeness (QED) is 0.113. The number of benzene rings is 1. The number of hydrogen-bond acceptors (Lipinski definition) is 24. The van der Waals surface area contributed by atoms with E-state index in [1.165, 1.54) is 36.2 Å². The highest BCUT2D eigenvalue weighted by molar-refractivity contribution is 6.37. The van der Waals surface area contributed by atoms with E-state index in [1.54, 1.807) is 39.5 Å². The Kier molecular flexibility index (Phi) is 27.8. The van der Waals surface area contributed by atoms with E-state index in [0.717, 1.165) is 51.9 Å². The lowest BCUT2D eigenvalue weighted by atomic mass is 9.86. The number of halogens is 3. The maximum absolute atomic E-state index is 12.8. The third-order valence-electron chi connectivity index (χ3n) is 16.2. The zero-order valence-corrected chi connectivity index (χ0v) is 58.6. The fourth-order valence-electron chi connectivity index (χ4n) is 10.9. The highest BCUT2D eigenvalue weighted by Gasteiger charge is 2.47. The minimum Gasteiger partial charge on any atom is -0.477 e. The number of aromatic nitrogens is 2. The summed E-state index contributed by atoms with van der Waals surface area (Å²) in [6.07, 6.45) is 5.04. The second kappa shape index (κ2) is 34.8. The van der Waals surface area contributed by atoms with Crippen LogP contribution in [0.1, 0.15) is 176 Å². The van der Waals surface area contributed by atoms with Crippen LogP contribution in [-0.4, -0.2) is 218 Å². The number of esters is 2. The summed E-state index contributed by atoms with van der Waals surface area (Å²) in [6.45, 7) is 31.1. The van der Waals surface area contributed by atoms with Gasteiger partial charge in [0.2, 0.25) is 5.95 Å². The molecule has 3 N–H and O–H groups in total. The van der Waals surface area contributed by atoms with Crippen molar-refractivity contribution in [3.05, 3.63) is 59.9 Å². The minimum absolute atomic E-state index is 0.0177. The maximum atomic E-state index is 12.8. The van der Waals surface area contributed by atoms with Gasteiger partial charge in [0.05, 0.1) is 18.8 Å². The number of Topliss-reactive ketones (excluding diaryl/α,β-unsaturated/α-hetero) is 1. The molecule has 0 aliphatic carbocycles. The van der Waals surface area contributed by atoms with Gasteiger partial charge in [-0.05, 0) is 120 Å². The van der Waals surface area contributed by atoms with Crippen LogP contribution >= 0.6 is 0 Å². The summed E-state index contributed by atoms with van der Waals surface area (Å²) < 4.78 is 66.6. The van der Waals surface area contributed by atoms with E-state index in [1.807, 2.05) is 62.3 Å². The van der Waals surface area contributed by atoms with Crippen molar-refractivity contribution < 1.29 is 99.6 Å². The van der Waals surface area contributed by atoms with E-state index in [2.05, 4.69) is 47.4 Å². The average Bonchev–Trinajstić information content (AvgIpc) is 1.69. The summed E-state index contributed by atoms with van der Waals surface area (Å²) in [5, 5.41) is 26.5. The van der Waals surface area contributed by atoms with Gasteiger partial charge in [-0.3, -0.25) is 9.59 Å². The van der Waals surface area contributed by atoms with E-state index < -0.39 is 46.3 Å². The second-order valence-electron chi connectivity index (χ2n) is 27.8.